The first kappa shape index (κ1) is 13.6. The first-order chi connectivity index (χ1) is 8.49. The van der Waals surface area contributed by atoms with Crippen LogP contribution in [0.25, 0.3) is 0 Å². The highest BCUT2D eigenvalue weighted by atomic mass is 15.0. The predicted molar refractivity (Wildman–Crippen MR) is 74.4 cm³/mol. The Bertz CT molecular complexity index is 381. The zero-order chi connectivity index (χ0) is 13.2. The van der Waals surface area contributed by atoms with E-state index in [0.717, 1.165) is 26.1 Å². The van der Waals surface area contributed by atoms with Crippen molar-refractivity contribution < 1.29 is 0 Å². The van der Waals surface area contributed by atoms with E-state index in [-0.39, 0.29) is 0 Å². The van der Waals surface area contributed by atoms with Crippen LogP contribution in [0.15, 0.2) is 6.33 Å². The fourth-order valence-electron chi connectivity index (χ4n) is 2.15. The summed E-state index contributed by atoms with van der Waals surface area (Å²) < 4.78 is 0. The highest BCUT2D eigenvalue weighted by Gasteiger charge is 2.23. The molecule has 18 heavy (non-hydrogen) atoms. The zero-order valence-corrected chi connectivity index (χ0v) is 12.0. The van der Waals surface area contributed by atoms with Gasteiger partial charge in [-0.25, -0.2) is 4.98 Å². The summed E-state index contributed by atoms with van der Waals surface area (Å²) in [6.07, 6.45) is 2.82. The molecule has 1 aromatic rings. The molecule has 1 aliphatic rings. The van der Waals surface area contributed by atoms with Crippen molar-refractivity contribution in [2.24, 2.45) is 11.3 Å². The number of rotatable bonds is 5. The predicted octanol–water partition coefficient (Wildman–Crippen LogP) is 1.70. The number of hydrogen-bond donors (Lipinski definition) is 3. The Morgan fingerprint density at radius 3 is 3.00 bits per heavy atom. The molecule has 0 radical (unpaired) electrons. The molecule has 4 nitrogen and oxygen atoms in total. The highest BCUT2D eigenvalue weighted by Crippen LogP contribution is 2.24. The van der Waals surface area contributed by atoms with Crippen molar-refractivity contribution in [3.05, 3.63) is 17.7 Å². The van der Waals surface area contributed by atoms with E-state index in [1.165, 1.54) is 11.4 Å². The summed E-state index contributed by atoms with van der Waals surface area (Å²) in [5.41, 5.74) is 2.82. The lowest BCUT2D eigenvalue weighted by Gasteiger charge is -2.31. The summed E-state index contributed by atoms with van der Waals surface area (Å²) in [6, 6.07) is 0.503. The van der Waals surface area contributed by atoms with Crippen LogP contribution >= 0.6 is 0 Å². The van der Waals surface area contributed by atoms with E-state index in [4.69, 9.17) is 0 Å². The topological polar surface area (TPSA) is 52.7 Å². The fourth-order valence-corrected chi connectivity index (χ4v) is 2.15. The van der Waals surface area contributed by atoms with Crippen molar-refractivity contribution in [1.29, 1.82) is 0 Å². The molecular weight excluding hydrogens is 224 g/mol. The number of nitrogens with one attached hydrogen (secondary N) is 3. The third-order valence-electron chi connectivity index (χ3n) is 4.35. The number of hydrogen-bond acceptors (Lipinski definition) is 3. The van der Waals surface area contributed by atoms with Gasteiger partial charge in [0.15, 0.2) is 0 Å². The van der Waals surface area contributed by atoms with Gasteiger partial charge in [-0.15, -0.1) is 0 Å². The number of imidazole rings is 1. The Balaban J connectivity index is 1.76. The Morgan fingerprint density at radius 2 is 2.28 bits per heavy atom. The second kappa shape index (κ2) is 5.41. The lowest BCUT2D eigenvalue weighted by Crippen LogP contribution is -2.45. The lowest BCUT2D eigenvalue weighted by molar-refractivity contribution is 0.234. The number of aromatic amines is 1. The minimum atomic E-state index is 0.353. The van der Waals surface area contributed by atoms with Crippen LogP contribution in [0, 0.1) is 11.3 Å². The van der Waals surface area contributed by atoms with E-state index in [9.17, 15) is 0 Å². The number of nitrogens with zero attached hydrogens (tertiary/aromatic N) is 1. The van der Waals surface area contributed by atoms with Crippen molar-refractivity contribution >= 4 is 0 Å². The first-order valence-corrected chi connectivity index (χ1v) is 6.94. The molecule has 1 aromatic heterocycles. The molecule has 1 aliphatic heterocycles. The maximum absolute atomic E-state index is 4.37. The maximum atomic E-state index is 4.37. The van der Waals surface area contributed by atoms with E-state index in [1.54, 1.807) is 6.33 Å². The van der Waals surface area contributed by atoms with Gasteiger partial charge in [-0.3, -0.25) is 0 Å². The Kier molecular flexibility index (Phi) is 4.07. The average molecular weight is 250 g/mol. The molecule has 0 fully saturated rings. The van der Waals surface area contributed by atoms with Crippen molar-refractivity contribution in [3.63, 3.8) is 0 Å². The van der Waals surface area contributed by atoms with Gasteiger partial charge in [-0.2, -0.15) is 0 Å². The Morgan fingerprint density at radius 1 is 1.50 bits per heavy atom. The van der Waals surface area contributed by atoms with Crippen LogP contribution in [0.3, 0.4) is 0 Å². The second-order valence-corrected chi connectivity index (χ2v) is 6.38. The molecule has 0 saturated carbocycles. The molecule has 1 atom stereocenters. The molecule has 0 aliphatic carbocycles. The molecule has 2 rings (SSSR count). The van der Waals surface area contributed by atoms with Crippen LogP contribution in [0.2, 0.25) is 0 Å². The first-order valence-electron chi connectivity index (χ1n) is 6.94. The summed E-state index contributed by atoms with van der Waals surface area (Å²) in [5, 5.41) is 7.14. The summed E-state index contributed by atoms with van der Waals surface area (Å²) in [5.74, 6) is 0.697. The lowest BCUT2D eigenvalue weighted by atomic mass is 9.81. The van der Waals surface area contributed by atoms with Gasteiger partial charge >= 0.3 is 0 Å². The quantitative estimate of drug-likeness (QED) is 0.745. The minimum absolute atomic E-state index is 0.353. The van der Waals surface area contributed by atoms with Gasteiger partial charge in [-0.1, -0.05) is 27.7 Å². The summed E-state index contributed by atoms with van der Waals surface area (Å²) >= 11 is 0. The van der Waals surface area contributed by atoms with Crippen molar-refractivity contribution in [1.82, 2.24) is 20.6 Å². The largest absolute Gasteiger partial charge is 0.347 e. The molecule has 2 heterocycles. The molecule has 0 amide bonds. The van der Waals surface area contributed by atoms with Crippen molar-refractivity contribution in [2.75, 3.05) is 13.1 Å². The third-order valence-corrected chi connectivity index (χ3v) is 4.35. The van der Waals surface area contributed by atoms with Crippen LogP contribution in [0.5, 0.6) is 0 Å². The van der Waals surface area contributed by atoms with Crippen LogP contribution in [-0.2, 0) is 13.0 Å². The van der Waals surface area contributed by atoms with Crippen LogP contribution in [0.4, 0.5) is 0 Å². The second-order valence-electron chi connectivity index (χ2n) is 6.38. The van der Waals surface area contributed by atoms with E-state index >= 15 is 0 Å². The zero-order valence-electron chi connectivity index (χ0n) is 12.0. The Hall–Kier alpha value is -0.870. The van der Waals surface area contributed by atoms with Crippen LogP contribution in [0.1, 0.15) is 39.1 Å². The SMILES string of the molecule is CC(C)C(C)(C)CNCC1Cc2nc[nH]c2CN1. The molecular formula is C14H26N4. The van der Waals surface area contributed by atoms with Gasteiger partial charge in [0.1, 0.15) is 0 Å². The number of H-pyrrole nitrogens is 1. The van der Waals surface area contributed by atoms with Gasteiger partial charge in [0.05, 0.1) is 17.7 Å². The van der Waals surface area contributed by atoms with Gasteiger partial charge in [-0.05, 0) is 11.3 Å². The van der Waals surface area contributed by atoms with E-state index in [2.05, 4.69) is 48.3 Å². The molecule has 102 valence electrons. The molecule has 0 spiro atoms. The van der Waals surface area contributed by atoms with Crippen molar-refractivity contribution in [3.8, 4) is 0 Å². The van der Waals surface area contributed by atoms with Gasteiger partial charge in [0.25, 0.3) is 0 Å². The number of aromatic nitrogens is 2. The van der Waals surface area contributed by atoms with Crippen molar-refractivity contribution in [2.45, 2.75) is 46.7 Å². The molecule has 4 heteroatoms. The maximum Gasteiger partial charge on any atom is 0.0925 e. The van der Waals surface area contributed by atoms with E-state index < -0.39 is 0 Å². The molecule has 0 aromatic carbocycles. The standard InChI is InChI=1S/C14H26N4/c1-10(2)14(3,4)8-15-6-11-5-12-13(7-16-11)18-9-17-12/h9-11,15-16H,5-8H2,1-4H3,(H,17,18). The monoisotopic (exact) mass is 250 g/mol. The smallest absolute Gasteiger partial charge is 0.0925 e. The normalized spacial score (nSPS) is 20.2. The van der Waals surface area contributed by atoms with E-state index in [0.29, 0.717) is 17.4 Å². The molecule has 0 bridgehead atoms. The summed E-state index contributed by atoms with van der Waals surface area (Å²) in [6.45, 7) is 12.2. The molecule has 1 unspecified atom stereocenters. The Labute approximate surface area is 110 Å². The molecule has 3 N–H and O–H groups in total. The third kappa shape index (κ3) is 3.12. The minimum Gasteiger partial charge on any atom is -0.347 e. The van der Waals surface area contributed by atoms with Gasteiger partial charge < -0.3 is 15.6 Å². The molecule has 0 saturated heterocycles. The van der Waals surface area contributed by atoms with Gasteiger partial charge in [0.2, 0.25) is 0 Å². The van der Waals surface area contributed by atoms with Gasteiger partial charge in [0, 0.05) is 32.1 Å². The average Bonchev–Trinajstić information content (AvgIpc) is 2.75. The summed E-state index contributed by atoms with van der Waals surface area (Å²) in [4.78, 5) is 7.55. The highest BCUT2D eigenvalue weighted by molar-refractivity contribution is 5.15. The van der Waals surface area contributed by atoms with Crippen LogP contribution < -0.4 is 10.6 Å². The summed E-state index contributed by atoms with van der Waals surface area (Å²) in [7, 11) is 0. The fraction of sp³-hybridized carbons (Fsp3) is 0.786. The van der Waals surface area contributed by atoms with E-state index in [1.807, 2.05) is 0 Å². The number of fused-ring (bicyclic) bond motifs is 1. The van der Waals surface area contributed by atoms with Crippen LogP contribution in [-0.4, -0.2) is 29.1 Å².